The van der Waals surface area contributed by atoms with E-state index in [1.165, 1.54) is 4.88 Å². The lowest BCUT2D eigenvalue weighted by atomic mass is 9.91. The van der Waals surface area contributed by atoms with Gasteiger partial charge in [0.2, 0.25) is 0 Å². The Balaban J connectivity index is 2.43. The highest BCUT2D eigenvalue weighted by atomic mass is 32.1. The van der Waals surface area contributed by atoms with Crippen LogP contribution in [0, 0.1) is 5.92 Å². The second kappa shape index (κ2) is 6.17. The van der Waals surface area contributed by atoms with Crippen LogP contribution in [0.5, 0.6) is 0 Å². The van der Waals surface area contributed by atoms with Gasteiger partial charge in [-0.25, -0.2) is 0 Å². The molecule has 96 valence electrons. The fourth-order valence-electron chi connectivity index (χ4n) is 1.72. The third-order valence-corrected chi connectivity index (χ3v) is 4.22. The molecule has 1 aromatic rings. The number of aliphatic carboxylic acids is 1. The topological polar surface area (TPSA) is 49.3 Å². The summed E-state index contributed by atoms with van der Waals surface area (Å²) in [6.45, 7) is 7.60. The molecule has 17 heavy (non-hydrogen) atoms. The largest absolute Gasteiger partial charge is 0.481 e. The van der Waals surface area contributed by atoms with Gasteiger partial charge < -0.3 is 10.4 Å². The Hall–Kier alpha value is -0.870. The van der Waals surface area contributed by atoms with Crippen molar-refractivity contribution in [2.75, 3.05) is 13.1 Å². The van der Waals surface area contributed by atoms with E-state index in [2.05, 4.69) is 30.6 Å². The van der Waals surface area contributed by atoms with Gasteiger partial charge in [-0.15, -0.1) is 11.3 Å². The lowest BCUT2D eigenvalue weighted by Gasteiger charge is -2.24. The SMILES string of the molecule is CCC(CNCC(C)(C)c1cccs1)C(=O)O. The first-order valence-corrected chi connectivity index (χ1v) is 6.83. The molecule has 0 fully saturated rings. The number of carbonyl (C=O) groups is 1. The Morgan fingerprint density at radius 3 is 2.76 bits per heavy atom. The average molecular weight is 255 g/mol. The van der Waals surface area contributed by atoms with Crippen LogP contribution in [-0.2, 0) is 10.2 Å². The lowest BCUT2D eigenvalue weighted by molar-refractivity contribution is -0.141. The summed E-state index contributed by atoms with van der Waals surface area (Å²) in [5, 5.41) is 14.3. The van der Waals surface area contributed by atoms with Gasteiger partial charge in [0.15, 0.2) is 0 Å². The van der Waals surface area contributed by atoms with E-state index in [0.29, 0.717) is 13.0 Å². The molecule has 1 rings (SSSR count). The molecule has 0 saturated carbocycles. The first kappa shape index (κ1) is 14.2. The van der Waals surface area contributed by atoms with Crippen molar-refractivity contribution in [2.24, 2.45) is 5.92 Å². The van der Waals surface area contributed by atoms with Gasteiger partial charge in [0.05, 0.1) is 5.92 Å². The Bertz CT molecular complexity index is 346. The smallest absolute Gasteiger partial charge is 0.307 e. The number of carboxylic acid groups (broad SMARTS) is 1. The van der Waals surface area contributed by atoms with Crippen molar-refractivity contribution in [3.8, 4) is 0 Å². The Labute approximate surface area is 107 Å². The fraction of sp³-hybridized carbons (Fsp3) is 0.615. The molecule has 1 heterocycles. The van der Waals surface area contributed by atoms with Gasteiger partial charge in [0.25, 0.3) is 0 Å². The lowest BCUT2D eigenvalue weighted by Crippen LogP contribution is -2.36. The van der Waals surface area contributed by atoms with Crippen LogP contribution >= 0.6 is 11.3 Å². The highest BCUT2D eigenvalue weighted by Gasteiger charge is 2.22. The molecule has 0 aliphatic heterocycles. The van der Waals surface area contributed by atoms with Crippen LogP contribution in [0.3, 0.4) is 0 Å². The maximum atomic E-state index is 10.9. The summed E-state index contributed by atoms with van der Waals surface area (Å²) in [6.07, 6.45) is 0.668. The number of carboxylic acids is 1. The van der Waals surface area contributed by atoms with E-state index in [1.54, 1.807) is 11.3 Å². The fourth-order valence-corrected chi connectivity index (χ4v) is 2.57. The van der Waals surface area contributed by atoms with Crippen molar-refractivity contribution in [3.05, 3.63) is 22.4 Å². The van der Waals surface area contributed by atoms with Crippen LogP contribution in [0.4, 0.5) is 0 Å². The van der Waals surface area contributed by atoms with E-state index in [1.807, 2.05) is 13.0 Å². The molecule has 3 nitrogen and oxygen atoms in total. The van der Waals surface area contributed by atoms with Gasteiger partial charge in [-0.3, -0.25) is 4.79 Å². The molecule has 0 amide bonds. The number of hydrogen-bond donors (Lipinski definition) is 2. The molecule has 0 radical (unpaired) electrons. The second-order valence-electron chi connectivity index (χ2n) is 4.94. The number of hydrogen-bond acceptors (Lipinski definition) is 3. The zero-order chi connectivity index (χ0) is 12.9. The highest BCUT2D eigenvalue weighted by molar-refractivity contribution is 7.10. The summed E-state index contributed by atoms with van der Waals surface area (Å²) in [4.78, 5) is 12.2. The minimum absolute atomic E-state index is 0.0605. The molecule has 2 N–H and O–H groups in total. The first-order chi connectivity index (χ1) is 7.97. The third-order valence-electron chi connectivity index (χ3n) is 2.99. The summed E-state index contributed by atoms with van der Waals surface area (Å²) in [5.74, 6) is -0.997. The van der Waals surface area contributed by atoms with Gasteiger partial charge in [-0.05, 0) is 17.9 Å². The minimum atomic E-state index is -0.714. The number of thiophene rings is 1. The molecular weight excluding hydrogens is 234 g/mol. The van der Waals surface area contributed by atoms with Crippen LogP contribution in [0.25, 0.3) is 0 Å². The minimum Gasteiger partial charge on any atom is -0.481 e. The molecule has 1 atom stereocenters. The maximum absolute atomic E-state index is 10.9. The van der Waals surface area contributed by atoms with Crippen LogP contribution < -0.4 is 5.32 Å². The molecule has 4 heteroatoms. The molecule has 0 bridgehead atoms. The first-order valence-electron chi connectivity index (χ1n) is 5.95. The van der Waals surface area contributed by atoms with E-state index in [9.17, 15) is 4.79 Å². The van der Waals surface area contributed by atoms with Crippen LogP contribution in [0.15, 0.2) is 17.5 Å². The summed E-state index contributed by atoms with van der Waals surface area (Å²) in [5.41, 5.74) is 0.0605. The van der Waals surface area contributed by atoms with Crippen LogP contribution in [0.1, 0.15) is 32.1 Å². The van der Waals surface area contributed by atoms with Gasteiger partial charge in [-0.2, -0.15) is 0 Å². The van der Waals surface area contributed by atoms with Crippen molar-refractivity contribution in [2.45, 2.75) is 32.6 Å². The van der Waals surface area contributed by atoms with E-state index in [0.717, 1.165) is 6.54 Å². The Morgan fingerprint density at radius 2 is 2.29 bits per heavy atom. The van der Waals surface area contributed by atoms with E-state index < -0.39 is 5.97 Å². The average Bonchev–Trinajstić information content (AvgIpc) is 2.77. The quantitative estimate of drug-likeness (QED) is 0.787. The molecule has 0 aliphatic rings. The predicted molar refractivity (Wildman–Crippen MR) is 71.6 cm³/mol. The zero-order valence-corrected chi connectivity index (χ0v) is 11.5. The van der Waals surface area contributed by atoms with Gasteiger partial charge in [0.1, 0.15) is 0 Å². The highest BCUT2D eigenvalue weighted by Crippen LogP contribution is 2.26. The zero-order valence-electron chi connectivity index (χ0n) is 10.7. The monoisotopic (exact) mass is 255 g/mol. The van der Waals surface area contributed by atoms with Crippen molar-refractivity contribution >= 4 is 17.3 Å². The van der Waals surface area contributed by atoms with Gasteiger partial charge in [-0.1, -0.05) is 26.8 Å². The van der Waals surface area contributed by atoms with E-state index in [-0.39, 0.29) is 11.3 Å². The molecule has 0 aliphatic carbocycles. The van der Waals surface area contributed by atoms with Crippen LogP contribution in [-0.4, -0.2) is 24.2 Å². The molecule has 0 aromatic carbocycles. The molecule has 1 unspecified atom stereocenters. The predicted octanol–water partition coefficient (Wildman–Crippen LogP) is 2.73. The van der Waals surface area contributed by atoms with Crippen molar-refractivity contribution in [1.82, 2.24) is 5.32 Å². The summed E-state index contributed by atoms with van der Waals surface area (Å²) in [6, 6.07) is 4.18. The van der Waals surface area contributed by atoms with E-state index >= 15 is 0 Å². The van der Waals surface area contributed by atoms with Gasteiger partial charge in [0, 0.05) is 23.4 Å². The Kier molecular flexibility index (Phi) is 5.15. The van der Waals surface area contributed by atoms with E-state index in [4.69, 9.17) is 5.11 Å². The molecule has 0 spiro atoms. The maximum Gasteiger partial charge on any atom is 0.307 e. The number of rotatable bonds is 7. The second-order valence-corrected chi connectivity index (χ2v) is 5.88. The van der Waals surface area contributed by atoms with Crippen molar-refractivity contribution in [1.29, 1.82) is 0 Å². The van der Waals surface area contributed by atoms with Crippen molar-refractivity contribution < 1.29 is 9.90 Å². The molecule has 0 saturated heterocycles. The number of nitrogens with one attached hydrogen (secondary N) is 1. The van der Waals surface area contributed by atoms with Gasteiger partial charge >= 0.3 is 5.97 Å². The summed E-state index contributed by atoms with van der Waals surface area (Å²) < 4.78 is 0. The summed E-state index contributed by atoms with van der Waals surface area (Å²) >= 11 is 1.74. The molecule has 1 aromatic heterocycles. The standard InChI is InChI=1S/C13H21NO2S/c1-4-10(12(15)16)8-14-9-13(2,3)11-6-5-7-17-11/h5-7,10,14H,4,8-9H2,1-3H3,(H,15,16). The van der Waals surface area contributed by atoms with Crippen LogP contribution in [0.2, 0.25) is 0 Å². The summed E-state index contributed by atoms with van der Waals surface area (Å²) in [7, 11) is 0. The molecular formula is C13H21NO2S. The normalized spacial score (nSPS) is 13.6. The van der Waals surface area contributed by atoms with Crippen molar-refractivity contribution in [3.63, 3.8) is 0 Å². The third kappa shape index (κ3) is 4.13. The Morgan fingerprint density at radius 1 is 1.59 bits per heavy atom.